The van der Waals surface area contributed by atoms with E-state index in [0.29, 0.717) is 25.4 Å². The average Bonchev–Trinajstić information content (AvgIpc) is 2.44. The van der Waals surface area contributed by atoms with Gasteiger partial charge in [-0.1, -0.05) is 6.07 Å². The molecule has 0 saturated carbocycles. The third-order valence-corrected chi connectivity index (χ3v) is 3.07. The van der Waals surface area contributed by atoms with Crippen molar-refractivity contribution in [3.8, 4) is 5.75 Å². The molecule has 1 aromatic carbocycles. The van der Waals surface area contributed by atoms with Gasteiger partial charge in [-0.05, 0) is 19.1 Å². The van der Waals surface area contributed by atoms with E-state index in [0.717, 1.165) is 0 Å². The third kappa shape index (κ3) is 4.18. The fraction of sp³-hybridized carbons (Fsp3) is 0.500. The predicted octanol–water partition coefficient (Wildman–Crippen LogP) is 0.698. The van der Waals surface area contributed by atoms with Gasteiger partial charge in [-0.3, -0.25) is 4.79 Å². The van der Waals surface area contributed by atoms with Crippen molar-refractivity contribution >= 4 is 5.91 Å². The van der Waals surface area contributed by atoms with Crippen LogP contribution < -0.4 is 15.4 Å². The largest absolute Gasteiger partial charge is 0.492 e. The normalized spacial score (nSPS) is 22.3. The molecule has 0 aliphatic carbocycles. The smallest absolute Gasteiger partial charge is 0.239 e. The second-order valence-electron chi connectivity index (χ2n) is 4.60. The number of morpholine rings is 1. The van der Waals surface area contributed by atoms with Crippen LogP contribution in [0.1, 0.15) is 6.92 Å². The molecule has 1 aromatic rings. The molecule has 110 valence electrons. The summed E-state index contributed by atoms with van der Waals surface area (Å²) in [4.78, 5) is 11.9. The zero-order chi connectivity index (χ0) is 14.4. The number of hydrogen-bond donors (Lipinski definition) is 2. The summed E-state index contributed by atoms with van der Waals surface area (Å²) in [6, 6.07) is 5.57. The van der Waals surface area contributed by atoms with Crippen molar-refractivity contribution in [3.05, 3.63) is 30.1 Å². The molecule has 1 saturated heterocycles. The number of rotatable bonds is 5. The second-order valence-corrected chi connectivity index (χ2v) is 4.60. The Bertz CT molecular complexity index is 456. The Morgan fingerprint density at radius 1 is 1.60 bits per heavy atom. The third-order valence-electron chi connectivity index (χ3n) is 3.07. The van der Waals surface area contributed by atoms with Gasteiger partial charge < -0.3 is 20.1 Å². The first kappa shape index (κ1) is 14.7. The van der Waals surface area contributed by atoms with Gasteiger partial charge in [0.2, 0.25) is 5.91 Å². The number of benzene rings is 1. The minimum Gasteiger partial charge on any atom is -0.492 e. The van der Waals surface area contributed by atoms with E-state index in [1.165, 1.54) is 12.1 Å². The molecule has 0 spiro atoms. The molecule has 1 amide bonds. The van der Waals surface area contributed by atoms with Gasteiger partial charge in [0.05, 0.1) is 19.3 Å². The summed E-state index contributed by atoms with van der Waals surface area (Å²) in [5.41, 5.74) is 0. The van der Waals surface area contributed by atoms with Crippen LogP contribution in [0.15, 0.2) is 24.3 Å². The van der Waals surface area contributed by atoms with Crippen LogP contribution in [0.3, 0.4) is 0 Å². The highest BCUT2D eigenvalue weighted by molar-refractivity contribution is 5.82. The topological polar surface area (TPSA) is 59.6 Å². The lowest BCUT2D eigenvalue weighted by atomic mass is 10.1. The van der Waals surface area contributed by atoms with E-state index in [1.807, 2.05) is 6.92 Å². The van der Waals surface area contributed by atoms with Crippen LogP contribution in [0.5, 0.6) is 5.75 Å². The Morgan fingerprint density at radius 2 is 2.45 bits per heavy atom. The van der Waals surface area contributed by atoms with Crippen LogP contribution in [0.4, 0.5) is 4.39 Å². The second kappa shape index (κ2) is 7.21. The zero-order valence-corrected chi connectivity index (χ0v) is 11.4. The van der Waals surface area contributed by atoms with Gasteiger partial charge in [0.25, 0.3) is 0 Å². The number of nitrogens with one attached hydrogen (secondary N) is 2. The lowest BCUT2D eigenvalue weighted by molar-refractivity contribution is -0.129. The van der Waals surface area contributed by atoms with Crippen LogP contribution in [0.2, 0.25) is 0 Å². The molecular weight excluding hydrogens is 263 g/mol. The highest BCUT2D eigenvalue weighted by atomic mass is 19.1. The number of ether oxygens (including phenoxy) is 2. The van der Waals surface area contributed by atoms with E-state index in [1.54, 1.807) is 12.1 Å². The van der Waals surface area contributed by atoms with E-state index in [2.05, 4.69) is 10.6 Å². The number of halogens is 1. The fourth-order valence-electron chi connectivity index (χ4n) is 2.04. The molecule has 0 unspecified atom stereocenters. The maximum atomic E-state index is 12.9. The summed E-state index contributed by atoms with van der Waals surface area (Å²) < 4.78 is 23.7. The summed E-state index contributed by atoms with van der Waals surface area (Å²) >= 11 is 0. The molecular formula is C14H19FN2O3. The summed E-state index contributed by atoms with van der Waals surface area (Å²) in [6.07, 6.45) is -0.145. The zero-order valence-electron chi connectivity index (χ0n) is 11.4. The Balaban J connectivity index is 1.69. The van der Waals surface area contributed by atoms with Gasteiger partial charge in [0.15, 0.2) is 0 Å². The van der Waals surface area contributed by atoms with Gasteiger partial charge in [-0.25, -0.2) is 4.39 Å². The molecule has 2 rings (SSSR count). The maximum absolute atomic E-state index is 12.9. The van der Waals surface area contributed by atoms with Gasteiger partial charge in [-0.15, -0.1) is 0 Å². The Kier molecular flexibility index (Phi) is 5.31. The molecule has 0 aromatic heterocycles. The summed E-state index contributed by atoms with van der Waals surface area (Å²) in [5, 5.41) is 5.87. The van der Waals surface area contributed by atoms with Crippen molar-refractivity contribution in [1.82, 2.24) is 10.6 Å². The molecule has 1 heterocycles. The van der Waals surface area contributed by atoms with E-state index in [9.17, 15) is 9.18 Å². The van der Waals surface area contributed by atoms with E-state index >= 15 is 0 Å². The number of carbonyl (C=O) groups is 1. The summed E-state index contributed by atoms with van der Waals surface area (Å²) in [7, 11) is 0. The van der Waals surface area contributed by atoms with Crippen LogP contribution in [0.25, 0.3) is 0 Å². The SMILES string of the molecule is C[C@H]1OCCN[C@@H]1C(=O)NCCOc1cccc(F)c1. The summed E-state index contributed by atoms with van der Waals surface area (Å²) in [6.45, 7) is 3.80. The quantitative estimate of drug-likeness (QED) is 0.781. The molecule has 6 heteroatoms. The molecule has 2 atom stereocenters. The number of hydrogen-bond acceptors (Lipinski definition) is 4. The fourth-order valence-corrected chi connectivity index (χ4v) is 2.04. The van der Waals surface area contributed by atoms with E-state index < -0.39 is 0 Å². The van der Waals surface area contributed by atoms with E-state index in [-0.39, 0.29) is 30.5 Å². The van der Waals surface area contributed by atoms with Gasteiger partial charge in [0.1, 0.15) is 24.2 Å². The van der Waals surface area contributed by atoms with Crippen molar-refractivity contribution in [2.24, 2.45) is 0 Å². The monoisotopic (exact) mass is 282 g/mol. The van der Waals surface area contributed by atoms with Crippen molar-refractivity contribution in [2.75, 3.05) is 26.3 Å². The molecule has 0 bridgehead atoms. The lowest BCUT2D eigenvalue weighted by Crippen LogP contribution is -2.55. The Labute approximate surface area is 117 Å². The highest BCUT2D eigenvalue weighted by Gasteiger charge is 2.27. The van der Waals surface area contributed by atoms with Crippen LogP contribution in [-0.4, -0.2) is 44.4 Å². The van der Waals surface area contributed by atoms with Crippen molar-refractivity contribution in [2.45, 2.75) is 19.1 Å². The minimum absolute atomic E-state index is 0.111. The minimum atomic E-state index is -0.344. The van der Waals surface area contributed by atoms with Crippen LogP contribution in [0, 0.1) is 5.82 Å². The molecule has 0 radical (unpaired) electrons. The van der Waals surface area contributed by atoms with Crippen LogP contribution >= 0.6 is 0 Å². The lowest BCUT2D eigenvalue weighted by Gasteiger charge is -2.29. The number of amides is 1. The standard InChI is InChI=1S/C14H19FN2O3/c1-10-13(16-5-7-19-10)14(18)17-6-8-20-12-4-2-3-11(15)9-12/h2-4,9-10,13,16H,5-8H2,1H3,(H,17,18)/t10-,13+/m1/s1. The average molecular weight is 282 g/mol. The predicted molar refractivity (Wildman–Crippen MR) is 72.1 cm³/mol. The van der Waals surface area contributed by atoms with Crippen molar-refractivity contribution in [1.29, 1.82) is 0 Å². The van der Waals surface area contributed by atoms with E-state index in [4.69, 9.17) is 9.47 Å². The number of carbonyl (C=O) groups excluding carboxylic acids is 1. The summed E-state index contributed by atoms with van der Waals surface area (Å²) in [5.74, 6) is -0.00398. The van der Waals surface area contributed by atoms with Gasteiger partial charge in [0, 0.05) is 12.6 Å². The first-order valence-electron chi connectivity index (χ1n) is 6.68. The maximum Gasteiger partial charge on any atom is 0.239 e. The molecule has 1 aliphatic rings. The first-order valence-corrected chi connectivity index (χ1v) is 6.68. The van der Waals surface area contributed by atoms with Gasteiger partial charge >= 0.3 is 0 Å². The first-order chi connectivity index (χ1) is 9.66. The van der Waals surface area contributed by atoms with Crippen LogP contribution in [-0.2, 0) is 9.53 Å². The molecule has 1 fully saturated rings. The van der Waals surface area contributed by atoms with Crippen molar-refractivity contribution < 1.29 is 18.7 Å². The highest BCUT2D eigenvalue weighted by Crippen LogP contribution is 2.11. The molecule has 2 N–H and O–H groups in total. The molecule has 20 heavy (non-hydrogen) atoms. The molecule has 1 aliphatic heterocycles. The molecule has 5 nitrogen and oxygen atoms in total. The van der Waals surface area contributed by atoms with Crippen molar-refractivity contribution in [3.63, 3.8) is 0 Å². The Morgan fingerprint density at radius 3 is 3.20 bits per heavy atom. The Hall–Kier alpha value is -1.66. The van der Waals surface area contributed by atoms with Gasteiger partial charge in [-0.2, -0.15) is 0 Å².